The zero-order chi connectivity index (χ0) is 19.1. The van der Waals surface area contributed by atoms with Crippen molar-refractivity contribution in [3.05, 3.63) is 62.9 Å². The lowest BCUT2D eigenvalue weighted by molar-refractivity contribution is -0.137. The number of aromatic amines is 1. The van der Waals surface area contributed by atoms with E-state index in [4.69, 9.17) is 16.3 Å². The van der Waals surface area contributed by atoms with Crippen molar-refractivity contribution in [1.82, 2.24) is 4.98 Å². The first-order valence-corrected chi connectivity index (χ1v) is 7.70. The van der Waals surface area contributed by atoms with Crippen LogP contribution in [0.1, 0.15) is 15.9 Å². The van der Waals surface area contributed by atoms with Crippen LogP contribution >= 0.6 is 11.6 Å². The number of nitrogens with one attached hydrogen (secondary N) is 1. The summed E-state index contributed by atoms with van der Waals surface area (Å²) in [5.74, 6) is 0.266. The summed E-state index contributed by atoms with van der Waals surface area (Å²) in [5.41, 5.74) is -1.50. The number of pyridine rings is 1. The Hall–Kier alpha value is -2.80. The maximum Gasteiger partial charge on any atom is 0.416 e. The van der Waals surface area contributed by atoms with Gasteiger partial charge in [-0.3, -0.25) is 9.59 Å². The molecular weight excluding hydrogens is 371 g/mol. The van der Waals surface area contributed by atoms with Crippen LogP contribution in [0.15, 0.2) is 41.2 Å². The fourth-order valence-electron chi connectivity index (χ4n) is 2.76. The zero-order valence-corrected chi connectivity index (χ0v) is 14.0. The number of hydrogen-bond donors (Lipinski definition) is 1. The van der Waals surface area contributed by atoms with E-state index in [-0.39, 0.29) is 38.4 Å². The van der Waals surface area contributed by atoms with E-state index < -0.39 is 17.3 Å². The van der Waals surface area contributed by atoms with Crippen molar-refractivity contribution in [3.8, 4) is 16.9 Å². The van der Waals surface area contributed by atoms with Crippen LogP contribution < -0.4 is 10.3 Å². The molecular formula is C18H11ClF3NO3. The number of alkyl halides is 3. The normalized spacial score (nSPS) is 11.6. The first-order chi connectivity index (χ1) is 12.3. The molecule has 2 aromatic carbocycles. The first kappa shape index (κ1) is 18.0. The second-order valence-electron chi connectivity index (χ2n) is 5.46. The highest BCUT2D eigenvalue weighted by Crippen LogP contribution is 2.39. The SMILES string of the molecule is COc1ccc(Cl)cc1-c1c(C=O)c(=O)[nH]c2ccc(C(F)(F)F)cc12. The number of carbonyl (C=O) groups excluding carboxylic acids is 1. The molecule has 0 radical (unpaired) electrons. The number of carbonyl (C=O) groups is 1. The Kier molecular flexibility index (Phi) is 4.50. The molecule has 26 heavy (non-hydrogen) atoms. The predicted octanol–water partition coefficient (Wildman–Crippen LogP) is 4.69. The Balaban J connectivity index is 2.51. The number of aromatic nitrogens is 1. The molecule has 0 amide bonds. The topological polar surface area (TPSA) is 59.2 Å². The highest BCUT2D eigenvalue weighted by Gasteiger charge is 2.31. The maximum atomic E-state index is 13.1. The highest BCUT2D eigenvalue weighted by atomic mass is 35.5. The fourth-order valence-corrected chi connectivity index (χ4v) is 2.93. The maximum absolute atomic E-state index is 13.1. The average Bonchev–Trinajstić information content (AvgIpc) is 2.59. The quantitative estimate of drug-likeness (QED) is 0.670. The Morgan fingerprint density at radius 2 is 1.88 bits per heavy atom. The minimum Gasteiger partial charge on any atom is -0.496 e. The van der Waals surface area contributed by atoms with Gasteiger partial charge in [0, 0.05) is 27.1 Å². The summed E-state index contributed by atoms with van der Waals surface area (Å²) in [6, 6.07) is 7.36. The van der Waals surface area contributed by atoms with E-state index in [0.29, 0.717) is 6.29 Å². The molecule has 0 aliphatic rings. The molecule has 0 fully saturated rings. The van der Waals surface area contributed by atoms with E-state index in [9.17, 15) is 22.8 Å². The van der Waals surface area contributed by atoms with Crippen molar-refractivity contribution >= 4 is 28.8 Å². The molecule has 0 saturated heterocycles. The lowest BCUT2D eigenvalue weighted by Gasteiger charge is -2.15. The van der Waals surface area contributed by atoms with Gasteiger partial charge in [0.2, 0.25) is 0 Å². The molecule has 0 aliphatic carbocycles. The molecule has 4 nitrogen and oxygen atoms in total. The predicted molar refractivity (Wildman–Crippen MR) is 92.0 cm³/mol. The van der Waals surface area contributed by atoms with Crippen molar-refractivity contribution in [2.75, 3.05) is 7.11 Å². The molecule has 0 atom stereocenters. The molecule has 0 saturated carbocycles. The van der Waals surface area contributed by atoms with Crippen molar-refractivity contribution < 1.29 is 22.7 Å². The van der Waals surface area contributed by atoms with E-state index in [2.05, 4.69) is 4.98 Å². The van der Waals surface area contributed by atoms with Crippen LogP contribution in [0.25, 0.3) is 22.0 Å². The van der Waals surface area contributed by atoms with Crippen molar-refractivity contribution in [2.45, 2.75) is 6.18 Å². The van der Waals surface area contributed by atoms with Gasteiger partial charge in [0.1, 0.15) is 5.75 Å². The Morgan fingerprint density at radius 1 is 1.15 bits per heavy atom. The van der Waals surface area contributed by atoms with Gasteiger partial charge in [-0.2, -0.15) is 13.2 Å². The van der Waals surface area contributed by atoms with Crippen molar-refractivity contribution in [1.29, 1.82) is 0 Å². The molecule has 134 valence electrons. The monoisotopic (exact) mass is 381 g/mol. The van der Waals surface area contributed by atoms with E-state index in [0.717, 1.165) is 18.2 Å². The molecule has 0 spiro atoms. The summed E-state index contributed by atoms with van der Waals surface area (Å²) in [4.78, 5) is 26.2. The van der Waals surface area contributed by atoms with Crippen LogP contribution in [0.4, 0.5) is 13.2 Å². The molecule has 0 bridgehead atoms. The summed E-state index contributed by atoms with van der Waals surface area (Å²) in [5, 5.41) is 0.333. The summed E-state index contributed by atoms with van der Waals surface area (Å²) < 4.78 is 44.6. The summed E-state index contributed by atoms with van der Waals surface area (Å²) in [6.45, 7) is 0. The summed E-state index contributed by atoms with van der Waals surface area (Å²) in [7, 11) is 1.36. The lowest BCUT2D eigenvalue weighted by atomic mass is 9.95. The van der Waals surface area contributed by atoms with Gasteiger partial charge in [-0.15, -0.1) is 0 Å². The Labute approximate surface area is 150 Å². The van der Waals surface area contributed by atoms with E-state index in [1.807, 2.05) is 0 Å². The third kappa shape index (κ3) is 3.06. The van der Waals surface area contributed by atoms with E-state index in [1.54, 1.807) is 0 Å². The van der Waals surface area contributed by atoms with Crippen LogP contribution in [0.5, 0.6) is 5.75 Å². The number of halogens is 4. The standard InChI is InChI=1S/C18H11ClF3NO3/c1-26-15-5-3-10(19)7-12(15)16-11-6-9(18(20,21)22)2-4-14(11)23-17(25)13(16)8-24/h2-8H,1H3,(H,23,25). The van der Waals surface area contributed by atoms with Crippen LogP contribution in [-0.4, -0.2) is 18.4 Å². The minimum absolute atomic E-state index is 0.0317. The zero-order valence-electron chi connectivity index (χ0n) is 13.3. The third-order valence-electron chi connectivity index (χ3n) is 3.93. The van der Waals surface area contributed by atoms with Crippen LogP contribution in [-0.2, 0) is 6.18 Å². The van der Waals surface area contributed by atoms with E-state index in [1.165, 1.54) is 25.3 Å². The van der Waals surface area contributed by atoms with Gasteiger partial charge in [0.15, 0.2) is 6.29 Å². The second kappa shape index (κ2) is 6.49. The molecule has 1 N–H and O–H groups in total. The molecule has 0 aliphatic heterocycles. The first-order valence-electron chi connectivity index (χ1n) is 7.32. The van der Waals surface area contributed by atoms with Crippen molar-refractivity contribution in [2.24, 2.45) is 0 Å². The van der Waals surface area contributed by atoms with Gasteiger partial charge in [-0.05, 0) is 36.4 Å². The number of ether oxygens (including phenoxy) is 1. The number of rotatable bonds is 3. The van der Waals surface area contributed by atoms with Gasteiger partial charge in [-0.25, -0.2) is 0 Å². The van der Waals surface area contributed by atoms with Gasteiger partial charge < -0.3 is 9.72 Å². The lowest BCUT2D eigenvalue weighted by Crippen LogP contribution is -2.15. The second-order valence-corrected chi connectivity index (χ2v) is 5.90. The molecule has 3 aromatic rings. The van der Waals surface area contributed by atoms with Crippen LogP contribution in [0, 0.1) is 0 Å². The van der Waals surface area contributed by atoms with Gasteiger partial charge in [-0.1, -0.05) is 11.6 Å². The smallest absolute Gasteiger partial charge is 0.416 e. The molecule has 8 heteroatoms. The van der Waals surface area contributed by atoms with Crippen LogP contribution in [0.3, 0.4) is 0 Å². The number of methoxy groups -OCH3 is 1. The van der Waals surface area contributed by atoms with E-state index >= 15 is 0 Å². The molecule has 1 aromatic heterocycles. The third-order valence-corrected chi connectivity index (χ3v) is 4.16. The molecule has 1 heterocycles. The minimum atomic E-state index is -4.58. The number of aldehydes is 1. The molecule has 3 rings (SSSR count). The van der Waals surface area contributed by atoms with Gasteiger partial charge >= 0.3 is 6.18 Å². The van der Waals surface area contributed by atoms with Gasteiger partial charge in [0.05, 0.1) is 18.2 Å². The number of hydrogen-bond acceptors (Lipinski definition) is 3. The van der Waals surface area contributed by atoms with Crippen molar-refractivity contribution in [3.63, 3.8) is 0 Å². The molecule has 0 unspecified atom stereocenters. The Morgan fingerprint density at radius 3 is 2.50 bits per heavy atom. The largest absolute Gasteiger partial charge is 0.496 e. The van der Waals surface area contributed by atoms with Gasteiger partial charge in [0.25, 0.3) is 5.56 Å². The Bertz CT molecular complexity index is 1070. The summed E-state index contributed by atoms with van der Waals surface area (Å²) in [6.07, 6.45) is -4.28. The number of H-pyrrole nitrogens is 1. The highest BCUT2D eigenvalue weighted by molar-refractivity contribution is 6.31. The average molecular weight is 382 g/mol. The fraction of sp³-hybridized carbons (Fsp3) is 0.111. The van der Waals surface area contributed by atoms with Crippen LogP contribution in [0.2, 0.25) is 5.02 Å². The number of fused-ring (bicyclic) bond motifs is 1. The number of benzene rings is 2. The summed E-state index contributed by atoms with van der Waals surface area (Å²) >= 11 is 6.00.